The molecule has 1 aromatic rings. The van der Waals surface area contributed by atoms with Crippen LogP contribution in [0, 0.1) is 5.92 Å². The molecule has 0 bridgehead atoms. The lowest BCUT2D eigenvalue weighted by Crippen LogP contribution is -2.38. The normalized spacial score (nSPS) is 27.9. The van der Waals surface area contributed by atoms with Gasteiger partial charge in [0.2, 0.25) is 5.91 Å². The zero-order valence-corrected chi connectivity index (χ0v) is 13.9. The smallest absolute Gasteiger partial charge is 0.223 e. The second-order valence-electron chi connectivity index (χ2n) is 6.39. The number of ether oxygens (including phenoxy) is 2. The second-order valence-corrected chi connectivity index (χ2v) is 6.39. The van der Waals surface area contributed by atoms with Crippen LogP contribution in [0.15, 0.2) is 18.2 Å². The number of rotatable bonds is 4. The lowest BCUT2D eigenvalue weighted by atomic mass is 10.1. The zero-order chi connectivity index (χ0) is 14.9. The summed E-state index contributed by atoms with van der Waals surface area (Å²) in [7, 11) is 0. The van der Waals surface area contributed by atoms with Gasteiger partial charge >= 0.3 is 0 Å². The third-order valence-electron chi connectivity index (χ3n) is 4.81. The van der Waals surface area contributed by atoms with E-state index in [4.69, 9.17) is 9.47 Å². The highest BCUT2D eigenvalue weighted by Crippen LogP contribution is 2.49. The van der Waals surface area contributed by atoms with Crippen molar-refractivity contribution in [3.63, 3.8) is 0 Å². The van der Waals surface area contributed by atoms with E-state index in [9.17, 15) is 4.79 Å². The van der Waals surface area contributed by atoms with Crippen molar-refractivity contribution in [1.82, 2.24) is 10.6 Å². The number of hydrogen-bond acceptors (Lipinski definition) is 4. The summed E-state index contributed by atoms with van der Waals surface area (Å²) in [5, 5.41) is 6.49. The number of benzene rings is 1. The van der Waals surface area contributed by atoms with E-state index in [1.165, 1.54) is 12.0 Å². The number of nitrogens with one attached hydrogen (secondary N) is 2. The van der Waals surface area contributed by atoms with Gasteiger partial charge < -0.3 is 20.1 Å². The molecule has 1 saturated carbocycles. The van der Waals surface area contributed by atoms with E-state index < -0.39 is 0 Å². The van der Waals surface area contributed by atoms with Crippen molar-refractivity contribution in [1.29, 1.82) is 0 Å². The van der Waals surface area contributed by atoms with Crippen molar-refractivity contribution < 1.29 is 14.3 Å². The van der Waals surface area contributed by atoms with Crippen molar-refractivity contribution in [2.24, 2.45) is 5.92 Å². The summed E-state index contributed by atoms with van der Waals surface area (Å²) in [4.78, 5) is 12.2. The summed E-state index contributed by atoms with van der Waals surface area (Å²) in [5.74, 6) is 2.25. The largest absolute Gasteiger partial charge is 0.486 e. The fourth-order valence-electron chi connectivity index (χ4n) is 3.43. The summed E-state index contributed by atoms with van der Waals surface area (Å²) < 4.78 is 11.2. The predicted molar refractivity (Wildman–Crippen MR) is 89.6 cm³/mol. The Morgan fingerprint density at radius 2 is 2.09 bits per heavy atom. The molecule has 5 nitrogen and oxygen atoms in total. The lowest BCUT2D eigenvalue weighted by molar-refractivity contribution is -0.122. The zero-order valence-electron chi connectivity index (χ0n) is 13.0. The first kappa shape index (κ1) is 16.4. The van der Waals surface area contributed by atoms with Crippen molar-refractivity contribution in [2.75, 3.05) is 26.3 Å². The molecule has 126 valence electrons. The van der Waals surface area contributed by atoms with E-state index >= 15 is 0 Å². The molecule has 3 unspecified atom stereocenters. The topological polar surface area (TPSA) is 59.6 Å². The molecule has 2 N–H and O–H groups in total. The van der Waals surface area contributed by atoms with Crippen LogP contribution >= 0.6 is 12.4 Å². The van der Waals surface area contributed by atoms with Crippen LogP contribution in [0.2, 0.25) is 0 Å². The molecule has 2 aliphatic heterocycles. The van der Waals surface area contributed by atoms with Gasteiger partial charge in [-0.1, -0.05) is 6.07 Å². The molecule has 1 saturated heterocycles. The van der Waals surface area contributed by atoms with Crippen LogP contribution in [0.5, 0.6) is 11.5 Å². The maximum atomic E-state index is 12.2. The Bertz CT molecular complexity index is 575. The molecule has 2 fully saturated rings. The molecule has 0 spiro atoms. The van der Waals surface area contributed by atoms with Gasteiger partial charge in [0.15, 0.2) is 11.5 Å². The minimum absolute atomic E-state index is 0. The van der Waals surface area contributed by atoms with Crippen LogP contribution in [0.1, 0.15) is 30.7 Å². The van der Waals surface area contributed by atoms with E-state index in [0.717, 1.165) is 37.4 Å². The first-order chi connectivity index (χ1) is 10.8. The van der Waals surface area contributed by atoms with E-state index in [-0.39, 0.29) is 24.2 Å². The predicted octanol–water partition coefficient (Wildman–Crippen LogP) is 1.85. The summed E-state index contributed by atoms with van der Waals surface area (Å²) in [6.07, 6.45) is 3.31. The number of carbonyl (C=O) groups is 1. The van der Waals surface area contributed by atoms with Gasteiger partial charge in [0.1, 0.15) is 13.2 Å². The molecule has 0 aromatic heterocycles. The highest BCUT2D eigenvalue weighted by Gasteiger charge is 2.44. The first-order valence-corrected chi connectivity index (χ1v) is 8.22. The number of amides is 1. The molecular formula is C17H23ClN2O3. The molecule has 3 atom stereocenters. The van der Waals surface area contributed by atoms with Crippen molar-refractivity contribution in [2.45, 2.75) is 31.2 Å². The van der Waals surface area contributed by atoms with Gasteiger partial charge in [-0.2, -0.15) is 0 Å². The van der Waals surface area contributed by atoms with Crippen LogP contribution in [0.25, 0.3) is 0 Å². The average molecular weight is 339 g/mol. The van der Waals surface area contributed by atoms with Gasteiger partial charge in [0.05, 0.1) is 0 Å². The van der Waals surface area contributed by atoms with Crippen LogP contribution in [-0.4, -0.2) is 38.3 Å². The van der Waals surface area contributed by atoms with Gasteiger partial charge in [-0.15, -0.1) is 12.4 Å². The molecule has 6 heteroatoms. The van der Waals surface area contributed by atoms with Crippen LogP contribution < -0.4 is 20.1 Å². The quantitative estimate of drug-likeness (QED) is 0.879. The average Bonchev–Trinajstić information content (AvgIpc) is 3.19. The Kier molecular flexibility index (Phi) is 4.97. The highest BCUT2D eigenvalue weighted by atomic mass is 35.5. The molecule has 0 radical (unpaired) electrons. The van der Waals surface area contributed by atoms with Crippen molar-refractivity contribution >= 4 is 18.3 Å². The monoisotopic (exact) mass is 338 g/mol. The van der Waals surface area contributed by atoms with Crippen molar-refractivity contribution in [3.05, 3.63) is 23.8 Å². The van der Waals surface area contributed by atoms with Gasteiger partial charge in [0.25, 0.3) is 0 Å². The third-order valence-corrected chi connectivity index (χ3v) is 4.81. The standard InChI is InChI=1S/C17H22N2O3.ClH/c20-17(19-10-12-2-1-5-18-12)14-9-13(14)11-3-4-15-16(8-11)22-7-6-21-15;/h3-4,8,12-14,18H,1-2,5-7,9-10H2,(H,19,20);1H. The van der Waals surface area contributed by atoms with E-state index in [1.54, 1.807) is 0 Å². The second kappa shape index (κ2) is 6.97. The molecule has 23 heavy (non-hydrogen) atoms. The Morgan fingerprint density at radius 1 is 1.26 bits per heavy atom. The Balaban J connectivity index is 0.00000156. The SMILES string of the molecule is Cl.O=C(NCC1CCCN1)C1CC1c1ccc2c(c1)OCCO2. The number of fused-ring (bicyclic) bond motifs is 1. The number of carbonyl (C=O) groups excluding carboxylic acids is 1. The minimum atomic E-state index is 0. The maximum absolute atomic E-state index is 12.2. The highest BCUT2D eigenvalue weighted by molar-refractivity contribution is 5.85. The fraction of sp³-hybridized carbons (Fsp3) is 0.588. The summed E-state index contributed by atoms with van der Waals surface area (Å²) in [6.45, 7) is 3.03. The Hall–Kier alpha value is -1.46. The third kappa shape index (κ3) is 3.56. The summed E-state index contributed by atoms with van der Waals surface area (Å²) >= 11 is 0. The molecule has 1 aliphatic carbocycles. The lowest BCUT2D eigenvalue weighted by Gasteiger charge is -2.19. The van der Waals surface area contributed by atoms with Gasteiger partial charge in [-0.25, -0.2) is 0 Å². The first-order valence-electron chi connectivity index (χ1n) is 8.22. The minimum Gasteiger partial charge on any atom is -0.486 e. The number of hydrogen-bond donors (Lipinski definition) is 2. The maximum Gasteiger partial charge on any atom is 0.223 e. The van der Waals surface area contributed by atoms with Crippen LogP contribution in [-0.2, 0) is 4.79 Å². The molecule has 3 aliphatic rings. The van der Waals surface area contributed by atoms with Crippen LogP contribution in [0.4, 0.5) is 0 Å². The van der Waals surface area contributed by atoms with E-state index in [0.29, 0.717) is 25.2 Å². The molecular weight excluding hydrogens is 316 g/mol. The molecule has 4 rings (SSSR count). The van der Waals surface area contributed by atoms with Crippen LogP contribution in [0.3, 0.4) is 0 Å². The molecule has 2 heterocycles. The van der Waals surface area contributed by atoms with Crippen molar-refractivity contribution in [3.8, 4) is 11.5 Å². The summed E-state index contributed by atoms with van der Waals surface area (Å²) in [6, 6.07) is 6.50. The van der Waals surface area contributed by atoms with E-state index in [2.05, 4.69) is 16.7 Å². The molecule has 1 aromatic carbocycles. The fourth-order valence-corrected chi connectivity index (χ4v) is 3.43. The summed E-state index contributed by atoms with van der Waals surface area (Å²) in [5.41, 5.74) is 1.18. The van der Waals surface area contributed by atoms with E-state index in [1.807, 2.05) is 12.1 Å². The Morgan fingerprint density at radius 3 is 2.87 bits per heavy atom. The number of halogens is 1. The Labute approximate surface area is 142 Å². The van der Waals surface area contributed by atoms with Gasteiger partial charge in [-0.3, -0.25) is 4.79 Å². The van der Waals surface area contributed by atoms with Gasteiger partial charge in [0, 0.05) is 18.5 Å². The van der Waals surface area contributed by atoms with Gasteiger partial charge in [-0.05, 0) is 49.4 Å². The molecule has 1 amide bonds.